The molecule has 0 aliphatic rings. The van der Waals surface area contributed by atoms with Crippen LogP contribution in [0.3, 0.4) is 0 Å². The van der Waals surface area contributed by atoms with Crippen LogP contribution in [0.5, 0.6) is 11.5 Å². The predicted molar refractivity (Wildman–Crippen MR) is 95.1 cm³/mol. The summed E-state index contributed by atoms with van der Waals surface area (Å²) >= 11 is 5.30. The van der Waals surface area contributed by atoms with Gasteiger partial charge in [-0.25, -0.2) is 0 Å². The van der Waals surface area contributed by atoms with Gasteiger partial charge in [-0.15, -0.1) is 0 Å². The van der Waals surface area contributed by atoms with Crippen LogP contribution in [-0.2, 0) is 16.5 Å². The minimum absolute atomic E-state index is 0. The van der Waals surface area contributed by atoms with Gasteiger partial charge in [-0.1, -0.05) is 0 Å². The van der Waals surface area contributed by atoms with Crippen molar-refractivity contribution in [1.82, 2.24) is 0 Å². The average molecular weight is 375 g/mol. The van der Waals surface area contributed by atoms with Crippen LogP contribution in [0.2, 0.25) is 0 Å². The SMILES string of the molecule is CCOc1ccc(NC(=S)Nc2ccc(OCC)cc2)cc1.[Ni]. The van der Waals surface area contributed by atoms with E-state index in [-0.39, 0.29) is 16.5 Å². The van der Waals surface area contributed by atoms with Gasteiger partial charge < -0.3 is 20.1 Å². The van der Waals surface area contributed by atoms with E-state index < -0.39 is 0 Å². The van der Waals surface area contributed by atoms with Gasteiger partial charge in [0.15, 0.2) is 5.11 Å². The maximum absolute atomic E-state index is 5.40. The molecule has 0 unspecified atom stereocenters. The van der Waals surface area contributed by atoms with Gasteiger partial charge >= 0.3 is 0 Å². The van der Waals surface area contributed by atoms with Crippen LogP contribution in [0.1, 0.15) is 13.8 Å². The van der Waals surface area contributed by atoms with Crippen LogP contribution < -0.4 is 20.1 Å². The van der Waals surface area contributed by atoms with Crippen LogP contribution in [0.15, 0.2) is 48.5 Å². The topological polar surface area (TPSA) is 42.5 Å². The molecule has 0 bridgehead atoms. The second-order valence-corrected chi connectivity index (χ2v) is 4.90. The van der Waals surface area contributed by atoms with Crippen LogP contribution >= 0.6 is 12.2 Å². The number of thiocarbonyl (C=S) groups is 1. The molecule has 0 aliphatic heterocycles. The fourth-order valence-corrected chi connectivity index (χ4v) is 2.13. The molecule has 0 fully saturated rings. The minimum atomic E-state index is 0. The molecule has 2 aromatic rings. The molecule has 2 N–H and O–H groups in total. The van der Waals surface area contributed by atoms with Gasteiger partial charge in [0.25, 0.3) is 0 Å². The Morgan fingerprint density at radius 3 is 1.43 bits per heavy atom. The number of hydrogen-bond donors (Lipinski definition) is 2. The third-order valence-electron chi connectivity index (χ3n) is 2.85. The Morgan fingerprint density at radius 2 is 1.13 bits per heavy atom. The van der Waals surface area contributed by atoms with Crippen molar-refractivity contribution in [3.05, 3.63) is 48.5 Å². The summed E-state index contributed by atoms with van der Waals surface area (Å²) in [5.41, 5.74) is 1.82. The normalized spacial score (nSPS) is 9.48. The first-order valence-corrected chi connectivity index (χ1v) is 7.65. The molecule has 0 aromatic heterocycles. The molecule has 0 saturated heterocycles. The molecule has 2 aromatic carbocycles. The summed E-state index contributed by atoms with van der Waals surface area (Å²) in [6.07, 6.45) is 0. The number of nitrogens with one attached hydrogen (secondary N) is 2. The number of benzene rings is 2. The van der Waals surface area contributed by atoms with Crippen molar-refractivity contribution in [3.8, 4) is 11.5 Å². The van der Waals surface area contributed by atoms with Crippen LogP contribution in [0.25, 0.3) is 0 Å². The second kappa shape index (κ2) is 10.1. The van der Waals surface area contributed by atoms with Gasteiger partial charge in [-0.2, -0.15) is 0 Å². The Hall–Kier alpha value is -1.78. The smallest absolute Gasteiger partial charge is 0.175 e. The summed E-state index contributed by atoms with van der Waals surface area (Å²) in [6, 6.07) is 15.3. The van der Waals surface area contributed by atoms with Gasteiger partial charge in [0, 0.05) is 27.9 Å². The van der Waals surface area contributed by atoms with E-state index in [1.165, 1.54) is 0 Å². The van der Waals surface area contributed by atoms with E-state index in [9.17, 15) is 0 Å². The zero-order valence-corrected chi connectivity index (χ0v) is 14.9. The summed E-state index contributed by atoms with van der Waals surface area (Å²) < 4.78 is 10.8. The van der Waals surface area contributed by atoms with E-state index >= 15 is 0 Å². The van der Waals surface area contributed by atoms with Gasteiger partial charge in [-0.3, -0.25) is 0 Å². The zero-order valence-electron chi connectivity index (χ0n) is 13.1. The molecule has 0 spiro atoms. The molecule has 4 nitrogen and oxygen atoms in total. The fourth-order valence-electron chi connectivity index (χ4n) is 1.90. The van der Waals surface area contributed by atoms with Crippen molar-refractivity contribution in [2.24, 2.45) is 0 Å². The Bertz CT molecular complexity index is 549. The molecule has 23 heavy (non-hydrogen) atoms. The van der Waals surface area contributed by atoms with Gasteiger partial charge in [0.05, 0.1) is 13.2 Å². The number of rotatable bonds is 6. The average Bonchev–Trinajstić information content (AvgIpc) is 2.52. The predicted octanol–water partition coefficient (Wildman–Crippen LogP) is 4.29. The van der Waals surface area contributed by atoms with Crippen molar-refractivity contribution >= 4 is 28.7 Å². The monoisotopic (exact) mass is 374 g/mol. The molecule has 6 heteroatoms. The standard InChI is InChI=1S/C17H20N2O2S.Ni/c1-3-20-15-9-5-13(6-10-15)18-17(22)19-14-7-11-16(12-8-14)21-4-2;/h5-12H,3-4H2,1-2H3,(H2,18,19,22);. The Morgan fingerprint density at radius 1 is 0.783 bits per heavy atom. The third kappa shape index (κ3) is 6.47. The van der Waals surface area contributed by atoms with E-state index in [0.717, 1.165) is 22.9 Å². The second-order valence-electron chi connectivity index (χ2n) is 4.49. The fraction of sp³-hybridized carbons (Fsp3) is 0.235. The molecule has 2 rings (SSSR count). The summed E-state index contributed by atoms with van der Waals surface area (Å²) in [7, 11) is 0. The van der Waals surface area contributed by atoms with E-state index in [4.69, 9.17) is 21.7 Å². The zero-order chi connectivity index (χ0) is 15.8. The molecule has 0 saturated carbocycles. The van der Waals surface area contributed by atoms with E-state index in [1.54, 1.807) is 0 Å². The Kier molecular flexibility index (Phi) is 8.45. The van der Waals surface area contributed by atoms with Crippen LogP contribution in [-0.4, -0.2) is 18.3 Å². The molecule has 0 atom stereocenters. The molecule has 0 amide bonds. The summed E-state index contributed by atoms with van der Waals surface area (Å²) in [5.74, 6) is 1.69. The Balaban J connectivity index is 0.00000264. The maximum atomic E-state index is 5.40. The Labute approximate surface area is 152 Å². The quantitative estimate of drug-likeness (QED) is 0.583. The van der Waals surface area contributed by atoms with Gasteiger partial charge in [-0.05, 0) is 74.6 Å². The van der Waals surface area contributed by atoms with Gasteiger partial charge in [0.1, 0.15) is 11.5 Å². The number of anilines is 2. The molecule has 126 valence electrons. The van der Waals surface area contributed by atoms with Crippen molar-refractivity contribution < 1.29 is 26.0 Å². The molecule has 0 aliphatic carbocycles. The molecule has 0 heterocycles. The summed E-state index contributed by atoms with van der Waals surface area (Å²) in [5, 5.41) is 6.80. The summed E-state index contributed by atoms with van der Waals surface area (Å²) in [4.78, 5) is 0. The molecular weight excluding hydrogens is 355 g/mol. The van der Waals surface area contributed by atoms with Crippen molar-refractivity contribution in [2.45, 2.75) is 13.8 Å². The van der Waals surface area contributed by atoms with Crippen LogP contribution in [0, 0.1) is 0 Å². The number of hydrogen-bond acceptors (Lipinski definition) is 3. The number of ether oxygens (including phenoxy) is 2. The van der Waals surface area contributed by atoms with E-state index in [0.29, 0.717) is 18.3 Å². The summed E-state index contributed by atoms with van der Waals surface area (Å²) in [6.45, 7) is 5.24. The molecular formula is C17H20N2NiO2S. The van der Waals surface area contributed by atoms with E-state index in [2.05, 4.69) is 10.6 Å². The van der Waals surface area contributed by atoms with Gasteiger partial charge in [0.2, 0.25) is 0 Å². The van der Waals surface area contributed by atoms with Crippen LogP contribution in [0.4, 0.5) is 11.4 Å². The van der Waals surface area contributed by atoms with Crippen molar-refractivity contribution in [3.63, 3.8) is 0 Å². The minimum Gasteiger partial charge on any atom is -0.494 e. The maximum Gasteiger partial charge on any atom is 0.175 e. The molecule has 0 radical (unpaired) electrons. The third-order valence-corrected chi connectivity index (χ3v) is 3.05. The van der Waals surface area contributed by atoms with Crippen molar-refractivity contribution in [2.75, 3.05) is 23.8 Å². The first kappa shape index (κ1) is 19.3. The van der Waals surface area contributed by atoms with Crippen molar-refractivity contribution in [1.29, 1.82) is 0 Å². The first-order valence-electron chi connectivity index (χ1n) is 7.25. The van der Waals surface area contributed by atoms with E-state index in [1.807, 2.05) is 62.4 Å². The largest absolute Gasteiger partial charge is 0.494 e. The first-order chi connectivity index (χ1) is 10.7.